The molecule has 1 aromatic rings. The van der Waals surface area contributed by atoms with Crippen molar-refractivity contribution >= 4 is 0 Å². The first kappa shape index (κ1) is 12.9. The van der Waals surface area contributed by atoms with Gasteiger partial charge in [-0.3, -0.25) is 4.90 Å². The number of piperidine rings is 1. The molecule has 2 unspecified atom stereocenters. The van der Waals surface area contributed by atoms with Crippen molar-refractivity contribution in [3.05, 3.63) is 29.8 Å². The van der Waals surface area contributed by atoms with Gasteiger partial charge in [0.2, 0.25) is 0 Å². The highest BCUT2D eigenvalue weighted by atomic mass is 16.5. The first-order chi connectivity index (χ1) is 9.28. The Balaban J connectivity index is 1.75. The van der Waals surface area contributed by atoms with E-state index in [1.165, 1.54) is 18.4 Å². The molecule has 3 nitrogen and oxygen atoms in total. The van der Waals surface area contributed by atoms with Crippen LogP contribution >= 0.6 is 0 Å². The SMILES string of the molecule is CCOc1ccccc1CN1C2CCC1CC(N)C2. The van der Waals surface area contributed by atoms with Crippen LogP contribution < -0.4 is 10.5 Å². The highest BCUT2D eigenvalue weighted by molar-refractivity contribution is 5.33. The third kappa shape index (κ3) is 2.63. The molecule has 2 fully saturated rings. The second kappa shape index (κ2) is 5.51. The lowest BCUT2D eigenvalue weighted by Gasteiger charge is -2.37. The van der Waals surface area contributed by atoms with Gasteiger partial charge in [-0.15, -0.1) is 0 Å². The van der Waals surface area contributed by atoms with E-state index in [2.05, 4.69) is 29.2 Å². The van der Waals surface area contributed by atoms with Crippen LogP contribution in [0.4, 0.5) is 0 Å². The monoisotopic (exact) mass is 260 g/mol. The summed E-state index contributed by atoms with van der Waals surface area (Å²) in [5.41, 5.74) is 7.45. The Morgan fingerprint density at radius 3 is 2.58 bits per heavy atom. The maximum absolute atomic E-state index is 6.14. The summed E-state index contributed by atoms with van der Waals surface area (Å²) in [4.78, 5) is 2.65. The zero-order valence-electron chi connectivity index (χ0n) is 11.7. The van der Waals surface area contributed by atoms with Gasteiger partial charge in [-0.2, -0.15) is 0 Å². The van der Waals surface area contributed by atoms with Gasteiger partial charge in [-0.05, 0) is 38.7 Å². The van der Waals surface area contributed by atoms with Crippen LogP contribution in [0.15, 0.2) is 24.3 Å². The lowest BCUT2D eigenvalue weighted by Crippen LogP contribution is -2.46. The van der Waals surface area contributed by atoms with Gasteiger partial charge >= 0.3 is 0 Å². The highest BCUT2D eigenvalue weighted by Crippen LogP contribution is 2.37. The molecule has 19 heavy (non-hydrogen) atoms. The Labute approximate surface area is 115 Å². The van der Waals surface area contributed by atoms with E-state index in [4.69, 9.17) is 10.5 Å². The molecular formula is C16H24N2O. The number of hydrogen-bond acceptors (Lipinski definition) is 3. The van der Waals surface area contributed by atoms with Crippen molar-refractivity contribution in [2.75, 3.05) is 6.61 Å². The van der Waals surface area contributed by atoms with Crippen LogP contribution in [0.2, 0.25) is 0 Å². The second-order valence-electron chi connectivity index (χ2n) is 5.83. The number of nitrogens with zero attached hydrogens (tertiary/aromatic N) is 1. The van der Waals surface area contributed by atoms with Crippen LogP contribution in [0.3, 0.4) is 0 Å². The Hall–Kier alpha value is -1.06. The summed E-state index contributed by atoms with van der Waals surface area (Å²) >= 11 is 0. The second-order valence-corrected chi connectivity index (χ2v) is 5.83. The standard InChI is InChI=1S/C16H24N2O/c1-2-19-16-6-4-3-5-12(16)11-18-14-7-8-15(18)10-13(17)9-14/h3-6,13-15H,2,7-11,17H2,1H3. The van der Waals surface area contributed by atoms with Crippen molar-refractivity contribution in [2.45, 2.75) is 57.3 Å². The largest absolute Gasteiger partial charge is 0.494 e. The van der Waals surface area contributed by atoms with Crippen LogP contribution in [0, 0.1) is 0 Å². The minimum Gasteiger partial charge on any atom is -0.494 e. The number of rotatable bonds is 4. The molecule has 1 aromatic carbocycles. The van der Waals surface area contributed by atoms with Crippen LogP contribution in [-0.2, 0) is 6.54 Å². The molecule has 104 valence electrons. The van der Waals surface area contributed by atoms with Gasteiger partial charge in [-0.25, -0.2) is 0 Å². The maximum atomic E-state index is 6.14. The smallest absolute Gasteiger partial charge is 0.123 e. The van der Waals surface area contributed by atoms with Crippen molar-refractivity contribution in [3.8, 4) is 5.75 Å². The van der Waals surface area contributed by atoms with Crippen LogP contribution in [0.25, 0.3) is 0 Å². The predicted octanol–water partition coefficient (Wildman–Crippen LogP) is 2.54. The first-order valence-corrected chi connectivity index (χ1v) is 7.50. The summed E-state index contributed by atoms with van der Waals surface area (Å²) in [5.74, 6) is 1.04. The fourth-order valence-electron chi connectivity index (χ4n) is 3.70. The third-order valence-electron chi connectivity index (χ3n) is 4.55. The zero-order valence-corrected chi connectivity index (χ0v) is 11.7. The van der Waals surface area contributed by atoms with Crippen molar-refractivity contribution < 1.29 is 4.74 Å². The number of fused-ring (bicyclic) bond motifs is 2. The molecule has 2 bridgehead atoms. The summed E-state index contributed by atoms with van der Waals surface area (Å²) < 4.78 is 5.74. The molecule has 0 saturated carbocycles. The maximum Gasteiger partial charge on any atom is 0.123 e. The molecule has 2 aliphatic heterocycles. The predicted molar refractivity (Wildman–Crippen MR) is 77.2 cm³/mol. The van der Waals surface area contributed by atoms with E-state index in [1.54, 1.807) is 0 Å². The molecule has 2 heterocycles. The number of hydrogen-bond donors (Lipinski definition) is 1. The van der Waals surface area contributed by atoms with Crippen LogP contribution in [-0.4, -0.2) is 29.6 Å². The molecule has 2 N–H and O–H groups in total. The lowest BCUT2D eigenvalue weighted by atomic mass is 9.97. The van der Waals surface area contributed by atoms with Crippen LogP contribution in [0.5, 0.6) is 5.75 Å². The molecule has 3 rings (SSSR count). The average Bonchev–Trinajstić information content (AvgIpc) is 2.64. The van der Waals surface area contributed by atoms with Crippen molar-refractivity contribution in [1.82, 2.24) is 4.90 Å². The van der Waals surface area contributed by atoms with Gasteiger partial charge in [0.15, 0.2) is 0 Å². The van der Waals surface area contributed by atoms with E-state index in [1.807, 2.05) is 6.92 Å². The first-order valence-electron chi connectivity index (χ1n) is 7.50. The summed E-state index contributed by atoms with van der Waals surface area (Å²) in [5, 5.41) is 0. The topological polar surface area (TPSA) is 38.5 Å². The van der Waals surface area contributed by atoms with E-state index in [0.29, 0.717) is 18.1 Å². The molecule has 3 heteroatoms. The van der Waals surface area contributed by atoms with Gasteiger partial charge in [0.1, 0.15) is 5.75 Å². The Morgan fingerprint density at radius 2 is 1.89 bits per heavy atom. The number of para-hydroxylation sites is 1. The van der Waals surface area contributed by atoms with Gasteiger partial charge in [0.05, 0.1) is 6.61 Å². The molecule has 2 aliphatic rings. The molecule has 0 aromatic heterocycles. The minimum absolute atomic E-state index is 0.413. The summed E-state index contributed by atoms with van der Waals surface area (Å²) in [6, 6.07) is 10.2. The van der Waals surface area contributed by atoms with E-state index >= 15 is 0 Å². The third-order valence-corrected chi connectivity index (χ3v) is 4.55. The summed E-state index contributed by atoms with van der Waals surface area (Å²) in [7, 11) is 0. The summed E-state index contributed by atoms with van der Waals surface area (Å²) in [6.45, 7) is 3.79. The van der Waals surface area contributed by atoms with E-state index in [-0.39, 0.29) is 0 Å². The molecular weight excluding hydrogens is 236 g/mol. The van der Waals surface area contributed by atoms with Gasteiger partial charge < -0.3 is 10.5 Å². The number of nitrogens with two attached hydrogens (primary N) is 1. The van der Waals surface area contributed by atoms with E-state index < -0.39 is 0 Å². The molecule has 2 atom stereocenters. The Bertz CT molecular complexity index is 421. The van der Waals surface area contributed by atoms with Crippen molar-refractivity contribution in [3.63, 3.8) is 0 Å². The minimum atomic E-state index is 0.413. The molecule has 0 radical (unpaired) electrons. The zero-order chi connectivity index (χ0) is 13.2. The quantitative estimate of drug-likeness (QED) is 0.904. The highest BCUT2D eigenvalue weighted by Gasteiger charge is 2.39. The van der Waals surface area contributed by atoms with Crippen molar-refractivity contribution in [1.29, 1.82) is 0 Å². The molecule has 0 aliphatic carbocycles. The number of benzene rings is 1. The molecule has 2 saturated heterocycles. The fourth-order valence-corrected chi connectivity index (χ4v) is 3.70. The normalized spacial score (nSPS) is 30.5. The summed E-state index contributed by atoms with van der Waals surface area (Å²) in [6.07, 6.45) is 4.95. The van der Waals surface area contributed by atoms with Crippen molar-refractivity contribution in [2.24, 2.45) is 5.73 Å². The van der Waals surface area contributed by atoms with Gasteiger partial charge in [0.25, 0.3) is 0 Å². The van der Waals surface area contributed by atoms with E-state index in [0.717, 1.165) is 31.7 Å². The van der Waals surface area contributed by atoms with Gasteiger partial charge in [0, 0.05) is 30.2 Å². The fraction of sp³-hybridized carbons (Fsp3) is 0.625. The van der Waals surface area contributed by atoms with E-state index in [9.17, 15) is 0 Å². The Morgan fingerprint density at radius 1 is 1.21 bits per heavy atom. The average molecular weight is 260 g/mol. The van der Waals surface area contributed by atoms with Gasteiger partial charge in [-0.1, -0.05) is 18.2 Å². The Kier molecular flexibility index (Phi) is 3.76. The lowest BCUT2D eigenvalue weighted by molar-refractivity contribution is 0.118. The molecule has 0 amide bonds. The number of ether oxygens (including phenoxy) is 1. The van der Waals surface area contributed by atoms with Crippen LogP contribution in [0.1, 0.15) is 38.2 Å². The molecule has 0 spiro atoms.